The molecule has 46 heavy (non-hydrogen) atoms. The van der Waals surface area contributed by atoms with E-state index in [1.165, 1.54) is 26.0 Å². The first kappa shape index (κ1) is 35.4. The summed E-state index contributed by atoms with van der Waals surface area (Å²) in [4.78, 5) is 13.4. The summed E-state index contributed by atoms with van der Waals surface area (Å²) in [7, 11) is -0.836. The molecule has 0 amide bonds. The molecular weight excluding hydrogens is 633 g/mol. The molecule has 0 aliphatic carbocycles. The fraction of sp³-hybridized carbons (Fsp3) is 0.441. The summed E-state index contributed by atoms with van der Waals surface area (Å²) in [6, 6.07) is 14.4. The van der Waals surface area contributed by atoms with Crippen LogP contribution in [0.1, 0.15) is 70.1 Å². The van der Waals surface area contributed by atoms with Gasteiger partial charge in [0.25, 0.3) is 0 Å². The number of aromatic nitrogens is 3. The van der Waals surface area contributed by atoms with Crippen LogP contribution in [0.3, 0.4) is 0 Å². The average Bonchev–Trinajstić information content (AvgIpc) is 3.03. The number of halogens is 4. The standard InChI is InChI=1S/C34H42ClF3N4O3Si/c1-9-46(10-2,11-3)45-33(6,7)34(37,38)27-14-12-13-25(29(27)36)21(4)39-31-26-19-28(35)42-32(30(26)40-22(5)41-31)44-20-23-15-17-24(43-8)18-16-23/h12-19,21H,9-11,20H2,1-8H3,(H,39,40,41). The number of ether oxygens (including phenoxy) is 2. The molecule has 4 rings (SSSR count). The number of aryl methyl sites for hydroxylation is 1. The van der Waals surface area contributed by atoms with Crippen LogP contribution in [0.25, 0.3) is 10.9 Å². The van der Waals surface area contributed by atoms with Crippen molar-refractivity contribution in [2.75, 3.05) is 12.4 Å². The quantitative estimate of drug-likeness (QED) is 0.105. The number of nitrogens with zero attached hydrogens (tertiary/aromatic N) is 3. The lowest BCUT2D eigenvalue weighted by atomic mass is 9.91. The van der Waals surface area contributed by atoms with Crippen LogP contribution in [0.2, 0.25) is 23.3 Å². The zero-order valence-electron chi connectivity index (χ0n) is 27.6. The monoisotopic (exact) mass is 674 g/mol. The molecule has 0 bridgehead atoms. The van der Waals surface area contributed by atoms with Gasteiger partial charge >= 0.3 is 5.92 Å². The number of fused-ring (bicyclic) bond motifs is 1. The Balaban J connectivity index is 1.66. The predicted molar refractivity (Wildman–Crippen MR) is 179 cm³/mol. The minimum absolute atomic E-state index is 0.0542. The number of methoxy groups -OCH3 is 1. The van der Waals surface area contributed by atoms with E-state index in [4.69, 9.17) is 25.5 Å². The molecular formula is C34H42ClF3N4O3Si. The third-order valence-corrected chi connectivity index (χ3v) is 13.6. The lowest BCUT2D eigenvalue weighted by molar-refractivity contribution is -0.161. The van der Waals surface area contributed by atoms with Gasteiger partial charge in [0, 0.05) is 5.56 Å². The van der Waals surface area contributed by atoms with Gasteiger partial charge in [0.2, 0.25) is 5.88 Å². The summed E-state index contributed by atoms with van der Waals surface area (Å²) in [5, 5.41) is 3.82. The van der Waals surface area contributed by atoms with Crippen molar-refractivity contribution in [2.45, 2.75) is 90.8 Å². The van der Waals surface area contributed by atoms with Crippen molar-refractivity contribution in [1.82, 2.24) is 15.0 Å². The zero-order valence-corrected chi connectivity index (χ0v) is 29.4. The number of hydrogen-bond acceptors (Lipinski definition) is 7. The molecule has 0 radical (unpaired) electrons. The molecule has 12 heteroatoms. The Kier molecular flexibility index (Phi) is 10.9. The van der Waals surface area contributed by atoms with Crippen LogP contribution in [-0.2, 0) is 17.0 Å². The Morgan fingerprint density at radius 1 is 0.978 bits per heavy atom. The second-order valence-corrected chi connectivity index (χ2v) is 17.0. The molecule has 1 atom stereocenters. The normalized spacial score (nSPS) is 13.1. The first-order valence-corrected chi connectivity index (χ1v) is 18.4. The maximum absolute atomic E-state index is 16.2. The smallest absolute Gasteiger partial charge is 0.302 e. The van der Waals surface area contributed by atoms with Crippen molar-refractivity contribution in [3.63, 3.8) is 0 Å². The molecule has 1 unspecified atom stereocenters. The highest BCUT2D eigenvalue weighted by atomic mass is 35.5. The van der Waals surface area contributed by atoms with Gasteiger partial charge in [-0.2, -0.15) is 13.8 Å². The Bertz CT molecular complexity index is 1660. The summed E-state index contributed by atoms with van der Waals surface area (Å²) >= 11 is 6.38. The Morgan fingerprint density at radius 3 is 2.24 bits per heavy atom. The summed E-state index contributed by atoms with van der Waals surface area (Å²) < 4.78 is 65.9. The zero-order chi connectivity index (χ0) is 33.9. The van der Waals surface area contributed by atoms with Crippen LogP contribution in [0.15, 0.2) is 48.5 Å². The number of hydrogen-bond donors (Lipinski definition) is 1. The Hall–Kier alpha value is -3.41. The summed E-state index contributed by atoms with van der Waals surface area (Å²) in [5.41, 5.74) is -1.29. The van der Waals surface area contributed by atoms with Crippen molar-refractivity contribution in [3.8, 4) is 11.6 Å². The van der Waals surface area contributed by atoms with E-state index in [1.54, 1.807) is 27.0 Å². The molecule has 248 valence electrons. The lowest BCUT2D eigenvalue weighted by Gasteiger charge is -2.42. The summed E-state index contributed by atoms with van der Waals surface area (Å²) in [5.74, 6) is -2.95. The molecule has 0 fully saturated rings. The molecule has 0 saturated carbocycles. The SMILES string of the molecule is CC[Si](CC)(CC)OC(C)(C)C(F)(F)c1cccc(C(C)Nc2nc(C)nc3c(OCc4ccc(OC)cc4)nc(Cl)cc23)c1F. The van der Waals surface area contributed by atoms with Gasteiger partial charge < -0.3 is 19.2 Å². The van der Waals surface area contributed by atoms with E-state index in [2.05, 4.69) is 20.3 Å². The topological polar surface area (TPSA) is 78.4 Å². The highest BCUT2D eigenvalue weighted by Gasteiger charge is 2.54. The number of nitrogens with one attached hydrogen (secondary N) is 1. The first-order chi connectivity index (χ1) is 21.7. The van der Waals surface area contributed by atoms with Gasteiger partial charge in [-0.05, 0) is 75.7 Å². The van der Waals surface area contributed by atoms with Gasteiger partial charge in [-0.3, -0.25) is 0 Å². The number of pyridine rings is 1. The molecule has 2 aromatic carbocycles. The number of benzene rings is 2. The largest absolute Gasteiger partial charge is 0.497 e. The molecule has 2 aromatic heterocycles. The fourth-order valence-corrected chi connectivity index (χ4v) is 8.90. The minimum Gasteiger partial charge on any atom is -0.497 e. The minimum atomic E-state index is -3.60. The van der Waals surface area contributed by atoms with E-state index < -0.39 is 37.3 Å². The third-order valence-electron chi connectivity index (χ3n) is 8.61. The van der Waals surface area contributed by atoms with Gasteiger partial charge in [0.05, 0.1) is 24.1 Å². The molecule has 0 spiro atoms. The predicted octanol–water partition coefficient (Wildman–Crippen LogP) is 9.78. The average molecular weight is 675 g/mol. The van der Waals surface area contributed by atoms with Crippen molar-refractivity contribution in [1.29, 1.82) is 0 Å². The van der Waals surface area contributed by atoms with Crippen LogP contribution in [-0.4, -0.2) is 36.0 Å². The van der Waals surface area contributed by atoms with Gasteiger partial charge in [0.15, 0.2) is 8.32 Å². The lowest BCUT2D eigenvalue weighted by Crippen LogP contribution is -2.52. The number of rotatable bonds is 14. The van der Waals surface area contributed by atoms with E-state index in [-0.39, 0.29) is 23.2 Å². The van der Waals surface area contributed by atoms with Gasteiger partial charge in [-0.1, -0.05) is 56.6 Å². The summed E-state index contributed by atoms with van der Waals surface area (Å²) in [6.45, 7) is 12.2. The molecule has 0 saturated heterocycles. The molecule has 0 aliphatic rings. The Morgan fingerprint density at radius 2 is 1.63 bits per heavy atom. The van der Waals surface area contributed by atoms with E-state index in [1.807, 2.05) is 45.0 Å². The molecule has 0 aliphatic heterocycles. The molecule has 7 nitrogen and oxygen atoms in total. The van der Waals surface area contributed by atoms with Crippen LogP contribution < -0.4 is 14.8 Å². The van der Waals surface area contributed by atoms with Crippen molar-refractivity contribution < 1.29 is 27.1 Å². The van der Waals surface area contributed by atoms with Gasteiger partial charge in [-0.25, -0.2) is 14.4 Å². The molecule has 2 heterocycles. The van der Waals surface area contributed by atoms with Crippen molar-refractivity contribution in [3.05, 3.63) is 82.0 Å². The second-order valence-electron chi connectivity index (χ2n) is 11.9. The summed E-state index contributed by atoms with van der Waals surface area (Å²) in [6.07, 6.45) is 0. The highest BCUT2D eigenvalue weighted by molar-refractivity contribution is 6.73. The van der Waals surface area contributed by atoms with Crippen molar-refractivity contribution in [2.24, 2.45) is 0 Å². The van der Waals surface area contributed by atoms with E-state index in [0.717, 1.165) is 17.4 Å². The fourth-order valence-electron chi connectivity index (χ4n) is 5.57. The maximum atomic E-state index is 16.2. The van der Waals surface area contributed by atoms with Crippen LogP contribution >= 0.6 is 11.6 Å². The van der Waals surface area contributed by atoms with E-state index in [0.29, 0.717) is 40.7 Å². The van der Waals surface area contributed by atoms with Crippen LogP contribution in [0, 0.1) is 12.7 Å². The number of anilines is 1. The molecule has 1 N–H and O–H groups in total. The van der Waals surface area contributed by atoms with E-state index in [9.17, 15) is 0 Å². The first-order valence-electron chi connectivity index (χ1n) is 15.4. The maximum Gasteiger partial charge on any atom is 0.302 e. The van der Waals surface area contributed by atoms with Gasteiger partial charge in [-0.15, -0.1) is 0 Å². The third kappa shape index (κ3) is 7.26. The highest BCUT2D eigenvalue weighted by Crippen LogP contribution is 2.46. The second kappa shape index (κ2) is 14.1. The molecule has 4 aromatic rings. The number of alkyl halides is 2. The van der Waals surface area contributed by atoms with Crippen molar-refractivity contribution >= 4 is 36.6 Å². The van der Waals surface area contributed by atoms with Gasteiger partial charge in [0.1, 0.15) is 46.1 Å². The van der Waals surface area contributed by atoms with Crippen LogP contribution in [0.4, 0.5) is 19.0 Å². The van der Waals surface area contributed by atoms with Crippen LogP contribution in [0.5, 0.6) is 11.6 Å². The van der Waals surface area contributed by atoms with E-state index >= 15 is 13.2 Å². The Labute approximate surface area is 275 Å².